The number of hydrogen-bond acceptors (Lipinski definition) is 6. The van der Waals surface area contributed by atoms with Gasteiger partial charge in [-0.15, -0.1) is 11.3 Å². The van der Waals surface area contributed by atoms with Crippen molar-refractivity contribution >= 4 is 34.0 Å². The number of nitrogens with zero attached hydrogens (tertiary/aromatic N) is 3. The van der Waals surface area contributed by atoms with Gasteiger partial charge in [0.05, 0.1) is 12.2 Å². The lowest BCUT2D eigenvalue weighted by atomic mass is 10.2. The fourth-order valence-electron chi connectivity index (χ4n) is 2.76. The molecule has 4 aromatic rings. The van der Waals surface area contributed by atoms with E-state index in [0.717, 1.165) is 16.3 Å². The maximum Gasteiger partial charge on any atom is 0.328 e. The molecular weight excluding hydrogens is 426 g/mol. The normalized spacial score (nSPS) is 10.7. The minimum atomic E-state index is -0.722. The molecule has 150 valence electrons. The average molecular weight is 440 g/mol. The standard InChI is InChI=1S/C20H14ClN5O3S/c21-15-6-2-1-4-13(15)10-26-18(28)14(9-23-20(26)29)17(27)25-19-24-16(11-30-19)12-5-3-7-22-8-12/h1-9,11H,10H2,(H,23,29)(H,24,25,27). The summed E-state index contributed by atoms with van der Waals surface area (Å²) in [6.07, 6.45) is 4.41. The fourth-order valence-corrected chi connectivity index (χ4v) is 3.67. The van der Waals surface area contributed by atoms with Gasteiger partial charge in [-0.25, -0.2) is 9.78 Å². The van der Waals surface area contributed by atoms with E-state index >= 15 is 0 Å². The molecule has 10 heteroatoms. The lowest BCUT2D eigenvalue weighted by Gasteiger charge is -2.08. The van der Waals surface area contributed by atoms with Crippen molar-refractivity contribution in [2.24, 2.45) is 0 Å². The van der Waals surface area contributed by atoms with E-state index in [1.807, 2.05) is 6.07 Å². The summed E-state index contributed by atoms with van der Waals surface area (Å²) >= 11 is 7.34. The van der Waals surface area contributed by atoms with Gasteiger partial charge in [-0.2, -0.15) is 0 Å². The summed E-state index contributed by atoms with van der Waals surface area (Å²) < 4.78 is 0.930. The number of thiazole rings is 1. The molecule has 0 aliphatic rings. The van der Waals surface area contributed by atoms with Gasteiger partial charge < -0.3 is 4.98 Å². The molecule has 0 aliphatic carbocycles. The van der Waals surface area contributed by atoms with Crippen LogP contribution in [0.3, 0.4) is 0 Å². The van der Waals surface area contributed by atoms with Crippen LogP contribution < -0.4 is 16.6 Å². The summed E-state index contributed by atoms with van der Waals surface area (Å²) in [7, 11) is 0. The highest BCUT2D eigenvalue weighted by Gasteiger charge is 2.17. The Hall–Kier alpha value is -3.56. The molecule has 1 aromatic carbocycles. The van der Waals surface area contributed by atoms with Gasteiger partial charge in [0.25, 0.3) is 11.5 Å². The Kier molecular flexibility index (Phi) is 5.55. The number of halogens is 1. The van der Waals surface area contributed by atoms with Crippen LogP contribution in [0.25, 0.3) is 11.3 Å². The van der Waals surface area contributed by atoms with Crippen LogP contribution in [0.5, 0.6) is 0 Å². The number of pyridine rings is 1. The van der Waals surface area contributed by atoms with Crippen LogP contribution in [0, 0.1) is 0 Å². The Labute approximate surface area is 178 Å². The first-order valence-corrected chi connectivity index (χ1v) is 10.0. The van der Waals surface area contributed by atoms with Gasteiger partial charge in [0.1, 0.15) is 5.56 Å². The number of aromatic amines is 1. The van der Waals surface area contributed by atoms with Crippen molar-refractivity contribution in [1.29, 1.82) is 0 Å². The van der Waals surface area contributed by atoms with E-state index < -0.39 is 17.2 Å². The quantitative estimate of drug-likeness (QED) is 0.496. The topological polar surface area (TPSA) is 110 Å². The minimum absolute atomic E-state index is 0.0582. The molecule has 0 atom stereocenters. The molecule has 0 spiro atoms. The second-order valence-electron chi connectivity index (χ2n) is 6.22. The van der Waals surface area contributed by atoms with Crippen molar-refractivity contribution in [2.45, 2.75) is 6.54 Å². The zero-order valence-electron chi connectivity index (χ0n) is 15.3. The van der Waals surface area contributed by atoms with Crippen molar-refractivity contribution < 1.29 is 4.79 Å². The van der Waals surface area contributed by atoms with Crippen molar-refractivity contribution in [3.8, 4) is 11.3 Å². The van der Waals surface area contributed by atoms with E-state index in [2.05, 4.69) is 20.3 Å². The first kappa shape index (κ1) is 19.7. The van der Waals surface area contributed by atoms with Crippen LogP contribution in [-0.2, 0) is 6.54 Å². The Bertz CT molecular complexity index is 1330. The highest BCUT2D eigenvalue weighted by Crippen LogP contribution is 2.24. The largest absolute Gasteiger partial charge is 0.328 e. The number of aromatic nitrogens is 4. The Morgan fingerprint density at radius 3 is 2.80 bits per heavy atom. The van der Waals surface area contributed by atoms with Crippen LogP contribution in [0.2, 0.25) is 5.02 Å². The summed E-state index contributed by atoms with van der Waals surface area (Å²) in [6.45, 7) is -0.0582. The van der Waals surface area contributed by atoms with Gasteiger partial charge in [-0.1, -0.05) is 29.8 Å². The molecule has 0 saturated carbocycles. The first-order valence-electron chi connectivity index (χ1n) is 8.76. The third kappa shape index (κ3) is 4.07. The Morgan fingerprint density at radius 1 is 1.20 bits per heavy atom. The van der Waals surface area contributed by atoms with E-state index in [0.29, 0.717) is 21.4 Å². The van der Waals surface area contributed by atoms with E-state index in [1.165, 1.54) is 11.3 Å². The molecule has 0 unspecified atom stereocenters. The Balaban J connectivity index is 1.59. The summed E-state index contributed by atoms with van der Waals surface area (Å²) in [5.41, 5.74) is 0.483. The van der Waals surface area contributed by atoms with Crippen molar-refractivity contribution in [1.82, 2.24) is 19.5 Å². The van der Waals surface area contributed by atoms with Gasteiger partial charge in [0, 0.05) is 34.6 Å². The minimum Gasteiger partial charge on any atom is -0.313 e. The number of benzene rings is 1. The zero-order chi connectivity index (χ0) is 21.1. The molecule has 0 aliphatic heterocycles. The number of hydrogen-bond donors (Lipinski definition) is 2. The van der Waals surface area contributed by atoms with E-state index in [1.54, 1.807) is 48.1 Å². The zero-order valence-corrected chi connectivity index (χ0v) is 16.9. The van der Waals surface area contributed by atoms with Gasteiger partial charge in [0.15, 0.2) is 5.13 Å². The number of amides is 1. The molecule has 3 aromatic heterocycles. The third-order valence-electron chi connectivity index (χ3n) is 4.27. The second kappa shape index (κ2) is 8.44. The van der Waals surface area contributed by atoms with Crippen molar-refractivity contribution in [3.63, 3.8) is 0 Å². The van der Waals surface area contributed by atoms with Gasteiger partial charge in [-0.05, 0) is 23.8 Å². The monoisotopic (exact) mass is 439 g/mol. The fraction of sp³-hybridized carbons (Fsp3) is 0.0500. The number of carbonyl (C=O) groups is 1. The SMILES string of the molecule is O=C(Nc1nc(-c2cccnc2)cs1)c1c[nH]c(=O)n(Cc2ccccc2Cl)c1=O. The molecule has 30 heavy (non-hydrogen) atoms. The molecule has 1 amide bonds. The molecule has 0 fully saturated rings. The van der Waals surface area contributed by atoms with Crippen molar-refractivity contribution in [3.05, 3.63) is 97.4 Å². The summed E-state index contributed by atoms with van der Waals surface area (Å²) in [5.74, 6) is -0.670. The number of H-pyrrole nitrogens is 1. The number of anilines is 1. The van der Waals surface area contributed by atoms with E-state index in [4.69, 9.17) is 11.6 Å². The van der Waals surface area contributed by atoms with E-state index in [-0.39, 0.29) is 12.1 Å². The Morgan fingerprint density at radius 2 is 2.03 bits per heavy atom. The van der Waals surface area contributed by atoms with Crippen LogP contribution in [0.15, 0.2) is 70.0 Å². The molecular formula is C20H14ClN5O3S. The van der Waals surface area contributed by atoms with Gasteiger partial charge >= 0.3 is 5.69 Å². The number of nitrogens with one attached hydrogen (secondary N) is 2. The number of rotatable bonds is 5. The molecule has 2 N–H and O–H groups in total. The third-order valence-corrected chi connectivity index (χ3v) is 5.40. The smallest absolute Gasteiger partial charge is 0.313 e. The first-order chi connectivity index (χ1) is 14.5. The lowest BCUT2D eigenvalue weighted by molar-refractivity contribution is 0.102. The van der Waals surface area contributed by atoms with Gasteiger partial charge in [-0.3, -0.25) is 24.5 Å². The molecule has 3 heterocycles. The van der Waals surface area contributed by atoms with Crippen molar-refractivity contribution in [2.75, 3.05) is 5.32 Å². The highest BCUT2D eigenvalue weighted by atomic mass is 35.5. The van der Waals surface area contributed by atoms with Gasteiger partial charge in [0.2, 0.25) is 0 Å². The lowest BCUT2D eigenvalue weighted by Crippen LogP contribution is -2.39. The predicted molar refractivity (Wildman–Crippen MR) is 115 cm³/mol. The molecule has 0 radical (unpaired) electrons. The highest BCUT2D eigenvalue weighted by molar-refractivity contribution is 7.14. The molecule has 0 saturated heterocycles. The maximum atomic E-state index is 12.8. The van der Waals surface area contributed by atoms with Crippen LogP contribution >= 0.6 is 22.9 Å². The maximum absolute atomic E-state index is 12.8. The van der Waals surface area contributed by atoms with Crippen LogP contribution in [0.1, 0.15) is 15.9 Å². The number of carbonyl (C=O) groups excluding carboxylic acids is 1. The molecule has 8 nitrogen and oxygen atoms in total. The van der Waals surface area contributed by atoms with Crippen LogP contribution in [0.4, 0.5) is 5.13 Å². The second-order valence-corrected chi connectivity index (χ2v) is 7.49. The molecule has 4 rings (SSSR count). The summed E-state index contributed by atoms with van der Waals surface area (Å²) in [4.78, 5) is 48.4. The molecule has 0 bridgehead atoms. The summed E-state index contributed by atoms with van der Waals surface area (Å²) in [6, 6.07) is 10.5. The van der Waals surface area contributed by atoms with E-state index in [9.17, 15) is 14.4 Å². The predicted octanol–water partition coefficient (Wildman–Crippen LogP) is 3.01. The average Bonchev–Trinajstić information content (AvgIpc) is 3.21. The summed E-state index contributed by atoms with van der Waals surface area (Å²) in [5, 5.41) is 5.11. The van der Waals surface area contributed by atoms with Crippen LogP contribution in [-0.4, -0.2) is 25.4 Å².